The van der Waals surface area contributed by atoms with Crippen LogP contribution in [-0.2, 0) is 23.0 Å². The van der Waals surface area contributed by atoms with Crippen LogP contribution >= 0.6 is 22.9 Å². The van der Waals surface area contributed by atoms with E-state index in [0.29, 0.717) is 0 Å². The third kappa shape index (κ3) is 2.79. The van der Waals surface area contributed by atoms with Crippen LogP contribution in [0.25, 0.3) is 0 Å². The van der Waals surface area contributed by atoms with E-state index in [1.54, 1.807) is 42.3 Å². The summed E-state index contributed by atoms with van der Waals surface area (Å²) in [5.41, 5.74) is 0.780. The summed E-state index contributed by atoms with van der Waals surface area (Å²) in [6.45, 7) is 1.88. The fraction of sp³-hybridized carbons (Fsp3) is 0.385. The fourth-order valence-corrected chi connectivity index (χ4v) is 4.53. The lowest BCUT2D eigenvalue weighted by molar-refractivity contribution is 0.403. The number of nitrogens with zero attached hydrogens (tertiary/aromatic N) is 2. The monoisotopic (exact) mass is 332 g/mol. The van der Waals surface area contributed by atoms with Gasteiger partial charge in [-0.25, -0.2) is 8.42 Å². The van der Waals surface area contributed by atoms with Gasteiger partial charge in [0.1, 0.15) is 4.90 Å². The number of hydrogen-bond acceptors (Lipinski definition) is 3. The molecule has 2 aromatic rings. The maximum Gasteiger partial charge on any atom is 0.244 e. The molecule has 0 fully saturated rings. The van der Waals surface area contributed by atoms with E-state index < -0.39 is 10.0 Å². The molecule has 0 aliphatic heterocycles. The minimum atomic E-state index is -3.52. The Morgan fingerprint density at radius 3 is 2.70 bits per heavy atom. The van der Waals surface area contributed by atoms with Gasteiger partial charge in [0.05, 0.1) is 11.9 Å². The van der Waals surface area contributed by atoms with Crippen LogP contribution in [0.3, 0.4) is 0 Å². The molecule has 0 aliphatic carbocycles. The van der Waals surface area contributed by atoms with Gasteiger partial charge in [-0.3, -0.25) is 0 Å². The summed E-state index contributed by atoms with van der Waals surface area (Å²) in [4.78, 5) is 1.30. The predicted octanol–water partition coefficient (Wildman–Crippen LogP) is 3.21. The third-order valence-electron chi connectivity index (χ3n) is 3.40. The molecule has 0 radical (unpaired) electrons. The number of aromatic nitrogens is 1. The van der Waals surface area contributed by atoms with Crippen LogP contribution in [0.2, 0.25) is 0 Å². The third-order valence-corrected chi connectivity index (χ3v) is 6.61. The lowest BCUT2D eigenvalue weighted by Crippen LogP contribution is -2.29. The zero-order valence-electron chi connectivity index (χ0n) is 11.6. The zero-order valence-corrected chi connectivity index (χ0v) is 14.0. The molecule has 110 valence electrons. The highest BCUT2D eigenvalue weighted by molar-refractivity contribution is 7.89. The van der Waals surface area contributed by atoms with Gasteiger partial charge in [-0.15, -0.1) is 22.9 Å². The Morgan fingerprint density at radius 1 is 1.50 bits per heavy atom. The highest BCUT2D eigenvalue weighted by Gasteiger charge is 2.28. The van der Waals surface area contributed by atoms with Gasteiger partial charge in [0.15, 0.2) is 0 Å². The number of sulfonamides is 1. The van der Waals surface area contributed by atoms with Crippen molar-refractivity contribution in [2.24, 2.45) is 7.05 Å². The van der Waals surface area contributed by atoms with Crippen molar-refractivity contribution in [3.8, 4) is 0 Å². The number of hydrogen-bond donors (Lipinski definition) is 0. The maximum absolute atomic E-state index is 12.6. The van der Waals surface area contributed by atoms with Gasteiger partial charge in [-0.05, 0) is 24.4 Å². The van der Waals surface area contributed by atoms with Crippen molar-refractivity contribution in [3.05, 3.63) is 40.3 Å². The highest BCUT2D eigenvalue weighted by Crippen LogP contribution is 2.29. The lowest BCUT2D eigenvalue weighted by Gasteiger charge is -2.22. The number of thiophene rings is 1. The fourth-order valence-electron chi connectivity index (χ4n) is 1.93. The summed E-state index contributed by atoms with van der Waals surface area (Å²) in [5.74, 6) is 0.288. The predicted molar refractivity (Wildman–Crippen MR) is 82.7 cm³/mol. The SMILES string of the molecule is CC(c1cccs1)N(C)S(=O)(=O)c1cc(CCl)n(C)c1. The zero-order chi connectivity index (χ0) is 14.9. The van der Waals surface area contributed by atoms with Gasteiger partial charge in [0, 0.05) is 30.9 Å². The van der Waals surface area contributed by atoms with E-state index in [2.05, 4.69) is 0 Å². The average molecular weight is 333 g/mol. The second-order valence-corrected chi connectivity index (χ2v) is 7.87. The molecule has 1 unspecified atom stereocenters. The smallest absolute Gasteiger partial charge is 0.244 e. The topological polar surface area (TPSA) is 42.3 Å². The van der Waals surface area contributed by atoms with E-state index >= 15 is 0 Å². The Morgan fingerprint density at radius 2 is 2.20 bits per heavy atom. The normalized spacial score (nSPS) is 13.8. The van der Waals surface area contributed by atoms with Crippen molar-refractivity contribution in [1.29, 1.82) is 0 Å². The molecule has 0 N–H and O–H groups in total. The molecule has 0 saturated heterocycles. The molecule has 0 bridgehead atoms. The lowest BCUT2D eigenvalue weighted by atomic mass is 10.3. The molecule has 2 heterocycles. The summed E-state index contributed by atoms with van der Waals surface area (Å²) in [5, 5.41) is 1.94. The van der Waals surface area contributed by atoms with E-state index in [1.165, 1.54) is 4.31 Å². The Hall–Kier alpha value is -0.820. The summed E-state index contributed by atoms with van der Waals surface area (Å²) in [6.07, 6.45) is 1.60. The largest absolute Gasteiger partial charge is 0.352 e. The van der Waals surface area contributed by atoms with E-state index in [-0.39, 0.29) is 16.8 Å². The van der Waals surface area contributed by atoms with Crippen LogP contribution in [0.1, 0.15) is 23.5 Å². The molecule has 0 saturated carbocycles. The molecule has 0 amide bonds. The molecule has 2 aromatic heterocycles. The Labute approximate surface area is 128 Å². The van der Waals surface area contributed by atoms with Crippen LogP contribution in [0.15, 0.2) is 34.7 Å². The Bertz CT molecular complexity index is 677. The van der Waals surface area contributed by atoms with Gasteiger partial charge >= 0.3 is 0 Å². The molecular formula is C13H17ClN2O2S2. The molecule has 7 heteroatoms. The first-order chi connectivity index (χ1) is 9.37. The van der Waals surface area contributed by atoms with Crippen molar-refractivity contribution in [2.75, 3.05) is 7.05 Å². The number of halogens is 1. The van der Waals surface area contributed by atoms with Crippen molar-refractivity contribution in [2.45, 2.75) is 23.7 Å². The minimum absolute atomic E-state index is 0.195. The molecule has 0 aliphatic rings. The molecule has 0 spiro atoms. The van der Waals surface area contributed by atoms with Gasteiger partial charge in [-0.2, -0.15) is 4.31 Å². The van der Waals surface area contributed by atoms with Crippen molar-refractivity contribution in [1.82, 2.24) is 8.87 Å². The van der Waals surface area contributed by atoms with Gasteiger partial charge in [0.2, 0.25) is 10.0 Å². The van der Waals surface area contributed by atoms with Crippen molar-refractivity contribution in [3.63, 3.8) is 0 Å². The maximum atomic E-state index is 12.6. The van der Waals surface area contributed by atoms with E-state index in [1.807, 2.05) is 24.4 Å². The Balaban J connectivity index is 2.34. The van der Waals surface area contributed by atoms with E-state index in [4.69, 9.17) is 11.6 Å². The second kappa shape index (κ2) is 5.89. The van der Waals surface area contributed by atoms with Gasteiger partial charge in [-0.1, -0.05) is 6.07 Å². The standard InChI is InChI=1S/C13H17ClN2O2S2/c1-10(13-5-4-6-19-13)16(3)20(17,18)12-7-11(8-14)15(2)9-12/h4-7,9-10H,8H2,1-3H3. The molecule has 4 nitrogen and oxygen atoms in total. The minimum Gasteiger partial charge on any atom is -0.352 e. The molecule has 20 heavy (non-hydrogen) atoms. The van der Waals surface area contributed by atoms with Crippen LogP contribution in [0, 0.1) is 0 Å². The molecular weight excluding hydrogens is 316 g/mol. The second-order valence-electron chi connectivity index (χ2n) is 4.62. The average Bonchev–Trinajstić information content (AvgIpc) is 3.05. The number of alkyl halides is 1. The summed E-state index contributed by atoms with van der Waals surface area (Å²) < 4.78 is 28.4. The molecule has 2 rings (SSSR count). The quantitative estimate of drug-likeness (QED) is 0.789. The van der Waals surface area contributed by atoms with Crippen molar-refractivity contribution < 1.29 is 8.42 Å². The first-order valence-electron chi connectivity index (χ1n) is 6.10. The Kier molecular flexibility index (Phi) is 4.59. The summed E-state index contributed by atoms with van der Waals surface area (Å²) >= 11 is 7.34. The van der Waals surface area contributed by atoms with Crippen molar-refractivity contribution >= 4 is 33.0 Å². The van der Waals surface area contributed by atoms with Gasteiger partial charge in [0.25, 0.3) is 0 Å². The van der Waals surface area contributed by atoms with Crippen LogP contribution in [-0.4, -0.2) is 24.3 Å². The van der Waals surface area contributed by atoms with Crippen LogP contribution in [0.4, 0.5) is 0 Å². The first-order valence-corrected chi connectivity index (χ1v) is 8.96. The van der Waals surface area contributed by atoms with E-state index in [0.717, 1.165) is 10.6 Å². The first kappa shape index (κ1) is 15.6. The molecule has 1 atom stereocenters. The van der Waals surface area contributed by atoms with Gasteiger partial charge < -0.3 is 4.57 Å². The van der Waals surface area contributed by atoms with Crippen LogP contribution in [0.5, 0.6) is 0 Å². The number of aryl methyl sites for hydroxylation is 1. The summed E-state index contributed by atoms with van der Waals surface area (Å²) in [6, 6.07) is 5.29. The van der Waals surface area contributed by atoms with Crippen LogP contribution < -0.4 is 0 Å². The number of rotatable bonds is 5. The van der Waals surface area contributed by atoms with E-state index in [9.17, 15) is 8.42 Å². The highest BCUT2D eigenvalue weighted by atomic mass is 35.5. The molecule has 0 aromatic carbocycles. The summed E-state index contributed by atoms with van der Waals surface area (Å²) in [7, 11) is -0.120.